The summed E-state index contributed by atoms with van der Waals surface area (Å²) in [5.41, 5.74) is 0.959. The average molecular weight is 238 g/mol. The summed E-state index contributed by atoms with van der Waals surface area (Å²) in [4.78, 5) is 4.12. The zero-order chi connectivity index (χ0) is 12.7. The van der Waals surface area contributed by atoms with Gasteiger partial charge in [0, 0.05) is 18.2 Å². The van der Waals surface area contributed by atoms with E-state index in [-0.39, 0.29) is 5.82 Å². The average Bonchev–Trinajstić information content (AvgIpc) is 2.28. The van der Waals surface area contributed by atoms with Gasteiger partial charge >= 0.3 is 0 Å². The van der Waals surface area contributed by atoms with Gasteiger partial charge in [-0.2, -0.15) is 0 Å². The van der Waals surface area contributed by atoms with E-state index in [1.165, 1.54) is 12.3 Å². The quantitative estimate of drug-likeness (QED) is 0.789. The molecule has 0 radical (unpaired) electrons. The van der Waals surface area contributed by atoms with E-state index in [1.807, 2.05) is 0 Å². The Hall–Kier alpha value is -0.960. The molecule has 0 amide bonds. The Morgan fingerprint density at radius 2 is 2.12 bits per heavy atom. The van der Waals surface area contributed by atoms with Gasteiger partial charge in [-0.05, 0) is 37.4 Å². The van der Waals surface area contributed by atoms with E-state index in [2.05, 4.69) is 31.1 Å². The summed E-state index contributed by atoms with van der Waals surface area (Å²) in [6, 6.07) is 3.69. The Labute approximate surface area is 104 Å². The molecule has 0 saturated carbocycles. The maximum absolute atomic E-state index is 12.8. The van der Waals surface area contributed by atoms with Gasteiger partial charge in [-0.15, -0.1) is 0 Å². The van der Waals surface area contributed by atoms with Crippen LogP contribution in [0, 0.1) is 11.7 Å². The molecule has 1 N–H and O–H groups in total. The molecular formula is C14H23FN2. The van der Waals surface area contributed by atoms with Crippen LogP contribution < -0.4 is 5.32 Å². The molecule has 17 heavy (non-hydrogen) atoms. The van der Waals surface area contributed by atoms with E-state index in [0.29, 0.717) is 12.0 Å². The third kappa shape index (κ3) is 5.78. The summed E-state index contributed by atoms with van der Waals surface area (Å²) in [6.45, 7) is 7.63. The lowest BCUT2D eigenvalue weighted by Gasteiger charge is -2.20. The monoisotopic (exact) mass is 238 g/mol. The molecule has 1 rings (SSSR count). The van der Waals surface area contributed by atoms with Crippen LogP contribution in [0.2, 0.25) is 0 Å². The molecule has 0 aliphatic carbocycles. The maximum Gasteiger partial charge on any atom is 0.141 e. The minimum Gasteiger partial charge on any atom is -0.314 e. The molecule has 0 aliphatic heterocycles. The Kier molecular flexibility index (Phi) is 6.12. The van der Waals surface area contributed by atoms with Crippen LogP contribution in [0.25, 0.3) is 0 Å². The van der Waals surface area contributed by atoms with Crippen LogP contribution in [-0.4, -0.2) is 17.6 Å². The molecule has 0 saturated heterocycles. The normalized spacial score (nSPS) is 13.0. The fourth-order valence-electron chi connectivity index (χ4n) is 1.94. The first-order valence-corrected chi connectivity index (χ1v) is 6.45. The Balaban J connectivity index is 2.54. The van der Waals surface area contributed by atoms with E-state index >= 15 is 0 Å². The molecule has 0 bridgehead atoms. The number of nitrogens with zero attached hydrogens (tertiary/aromatic N) is 1. The van der Waals surface area contributed by atoms with Crippen molar-refractivity contribution in [3.63, 3.8) is 0 Å². The van der Waals surface area contributed by atoms with Crippen LogP contribution in [-0.2, 0) is 6.42 Å². The lowest BCUT2D eigenvalue weighted by atomic mass is 9.99. The highest BCUT2D eigenvalue weighted by molar-refractivity contribution is 5.06. The highest BCUT2D eigenvalue weighted by Gasteiger charge is 2.11. The first-order valence-electron chi connectivity index (χ1n) is 6.45. The zero-order valence-electron chi connectivity index (χ0n) is 11.0. The van der Waals surface area contributed by atoms with Crippen LogP contribution >= 0.6 is 0 Å². The standard InChI is InChI=1S/C14H23FN2/c1-4-7-16-14(8-11(2)3)9-13-6-5-12(15)10-17-13/h5-6,10-11,14,16H,4,7-9H2,1-3H3. The number of aromatic nitrogens is 1. The first kappa shape index (κ1) is 14.1. The van der Waals surface area contributed by atoms with Gasteiger partial charge in [0.15, 0.2) is 0 Å². The van der Waals surface area contributed by atoms with Crippen molar-refractivity contribution in [2.45, 2.75) is 46.1 Å². The molecule has 0 spiro atoms. The van der Waals surface area contributed by atoms with Crippen LogP contribution in [0.3, 0.4) is 0 Å². The van der Waals surface area contributed by atoms with E-state index in [9.17, 15) is 4.39 Å². The zero-order valence-corrected chi connectivity index (χ0v) is 11.0. The van der Waals surface area contributed by atoms with Crippen molar-refractivity contribution in [2.24, 2.45) is 5.92 Å². The van der Waals surface area contributed by atoms with Crippen molar-refractivity contribution < 1.29 is 4.39 Å². The van der Waals surface area contributed by atoms with E-state index in [4.69, 9.17) is 0 Å². The van der Waals surface area contributed by atoms with Crippen molar-refractivity contribution in [3.8, 4) is 0 Å². The van der Waals surface area contributed by atoms with E-state index < -0.39 is 0 Å². The predicted octanol–water partition coefficient (Wildman–Crippen LogP) is 3.18. The van der Waals surface area contributed by atoms with Gasteiger partial charge in [-0.1, -0.05) is 20.8 Å². The van der Waals surface area contributed by atoms with Crippen molar-refractivity contribution in [1.82, 2.24) is 10.3 Å². The minimum absolute atomic E-state index is 0.268. The second-order valence-corrected chi connectivity index (χ2v) is 4.95. The van der Waals surface area contributed by atoms with Gasteiger partial charge in [0.05, 0.1) is 6.20 Å². The lowest BCUT2D eigenvalue weighted by molar-refractivity contribution is 0.413. The summed E-state index contributed by atoms with van der Waals surface area (Å²) in [6.07, 6.45) is 4.42. The van der Waals surface area contributed by atoms with Crippen LogP contribution in [0.4, 0.5) is 4.39 Å². The van der Waals surface area contributed by atoms with Crippen LogP contribution in [0.5, 0.6) is 0 Å². The molecular weight excluding hydrogens is 215 g/mol. The number of rotatable bonds is 7. The summed E-state index contributed by atoms with van der Waals surface area (Å²) < 4.78 is 12.8. The number of halogens is 1. The summed E-state index contributed by atoms with van der Waals surface area (Å²) in [7, 11) is 0. The highest BCUT2D eigenvalue weighted by Crippen LogP contribution is 2.10. The van der Waals surface area contributed by atoms with Crippen LogP contribution in [0.1, 0.15) is 39.3 Å². The fraction of sp³-hybridized carbons (Fsp3) is 0.643. The molecule has 1 aromatic rings. The van der Waals surface area contributed by atoms with Gasteiger partial charge in [0.2, 0.25) is 0 Å². The van der Waals surface area contributed by atoms with Gasteiger partial charge < -0.3 is 5.32 Å². The largest absolute Gasteiger partial charge is 0.314 e. The van der Waals surface area contributed by atoms with Gasteiger partial charge in [-0.25, -0.2) is 4.39 Å². The van der Waals surface area contributed by atoms with Crippen molar-refractivity contribution in [2.75, 3.05) is 6.54 Å². The number of hydrogen-bond donors (Lipinski definition) is 1. The molecule has 96 valence electrons. The van der Waals surface area contributed by atoms with Gasteiger partial charge in [0.1, 0.15) is 5.82 Å². The lowest BCUT2D eigenvalue weighted by Crippen LogP contribution is -2.33. The Bertz CT molecular complexity index is 309. The summed E-state index contributed by atoms with van der Waals surface area (Å²) in [5.74, 6) is 0.389. The molecule has 1 unspecified atom stereocenters. The van der Waals surface area contributed by atoms with Crippen LogP contribution in [0.15, 0.2) is 18.3 Å². The maximum atomic E-state index is 12.8. The second kappa shape index (κ2) is 7.38. The van der Waals surface area contributed by atoms with E-state index in [1.54, 1.807) is 6.07 Å². The third-order valence-corrected chi connectivity index (χ3v) is 2.68. The molecule has 0 fully saturated rings. The minimum atomic E-state index is -0.268. The third-order valence-electron chi connectivity index (χ3n) is 2.68. The van der Waals surface area contributed by atoms with E-state index in [0.717, 1.165) is 31.5 Å². The van der Waals surface area contributed by atoms with Crippen molar-refractivity contribution in [1.29, 1.82) is 0 Å². The number of hydrogen-bond acceptors (Lipinski definition) is 2. The summed E-state index contributed by atoms with van der Waals surface area (Å²) >= 11 is 0. The molecule has 3 heteroatoms. The van der Waals surface area contributed by atoms with Crippen molar-refractivity contribution >= 4 is 0 Å². The molecule has 1 atom stereocenters. The summed E-state index contributed by atoms with van der Waals surface area (Å²) in [5, 5.41) is 3.53. The Morgan fingerprint density at radius 1 is 1.35 bits per heavy atom. The van der Waals surface area contributed by atoms with Gasteiger partial charge in [0.25, 0.3) is 0 Å². The SMILES string of the molecule is CCCNC(Cc1ccc(F)cn1)CC(C)C. The Morgan fingerprint density at radius 3 is 2.65 bits per heavy atom. The fourth-order valence-corrected chi connectivity index (χ4v) is 1.94. The smallest absolute Gasteiger partial charge is 0.141 e. The molecule has 1 heterocycles. The topological polar surface area (TPSA) is 24.9 Å². The molecule has 2 nitrogen and oxygen atoms in total. The first-order chi connectivity index (χ1) is 8.11. The second-order valence-electron chi connectivity index (χ2n) is 4.95. The highest BCUT2D eigenvalue weighted by atomic mass is 19.1. The molecule has 1 aromatic heterocycles. The van der Waals surface area contributed by atoms with Gasteiger partial charge in [-0.3, -0.25) is 4.98 Å². The van der Waals surface area contributed by atoms with Crippen molar-refractivity contribution in [3.05, 3.63) is 29.8 Å². The number of pyridine rings is 1. The molecule has 0 aliphatic rings. The molecule has 0 aromatic carbocycles. The predicted molar refractivity (Wildman–Crippen MR) is 69.4 cm³/mol. The number of nitrogens with one attached hydrogen (secondary N) is 1.